The first-order valence-electron chi connectivity index (χ1n) is 5.53. The molecule has 5 nitrogen and oxygen atoms in total. The maximum absolute atomic E-state index is 5.74. The van der Waals surface area contributed by atoms with Gasteiger partial charge in [-0.1, -0.05) is 20.8 Å². The molecule has 0 aliphatic heterocycles. The fourth-order valence-corrected chi connectivity index (χ4v) is 1.49. The normalized spacial score (nSPS) is 11.8. The van der Waals surface area contributed by atoms with E-state index in [0.717, 1.165) is 11.3 Å². The van der Waals surface area contributed by atoms with Gasteiger partial charge in [-0.25, -0.2) is 9.67 Å². The SMILES string of the molecule is Cc1cnn(-c2cc(C(C)(C)C)nc(N)n2)c1. The van der Waals surface area contributed by atoms with Gasteiger partial charge in [0.25, 0.3) is 0 Å². The van der Waals surface area contributed by atoms with Crippen LogP contribution in [0, 0.1) is 6.92 Å². The van der Waals surface area contributed by atoms with Gasteiger partial charge in [0.05, 0.1) is 11.9 Å². The largest absolute Gasteiger partial charge is 0.368 e. The minimum absolute atomic E-state index is 0.0615. The molecule has 0 spiro atoms. The van der Waals surface area contributed by atoms with E-state index < -0.39 is 0 Å². The van der Waals surface area contributed by atoms with Gasteiger partial charge in [0.15, 0.2) is 5.82 Å². The third-order valence-corrected chi connectivity index (χ3v) is 2.44. The topological polar surface area (TPSA) is 69.6 Å². The first kappa shape index (κ1) is 11.6. The zero-order chi connectivity index (χ0) is 12.6. The van der Waals surface area contributed by atoms with Gasteiger partial charge in [-0.2, -0.15) is 10.1 Å². The van der Waals surface area contributed by atoms with Crippen LogP contribution in [0.4, 0.5) is 5.95 Å². The summed E-state index contributed by atoms with van der Waals surface area (Å²) in [6.07, 6.45) is 3.70. The molecule has 0 atom stereocenters. The predicted octanol–water partition coefficient (Wildman–Crippen LogP) is 1.85. The van der Waals surface area contributed by atoms with Crippen LogP contribution in [-0.2, 0) is 5.41 Å². The molecule has 0 saturated carbocycles. The predicted molar refractivity (Wildman–Crippen MR) is 67.0 cm³/mol. The van der Waals surface area contributed by atoms with E-state index in [1.165, 1.54) is 0 Å². The Morgan fingerprint density at radius 2 is 1.94 bits per heavy atom. The first-order valence-corrected chi connectivity index (χ1v) is 5.53. The molecule has 0 aliphatic rings. The molecule has 0 radical (unpaired) electrons. The van der Waals surface area contributed by atoms with Crippen molar-refractivity contribution in [3.8, 4) is 5.82 Å². The summed E-state index contributed by atoms with van der Waals surface area (Å²) in [5, 5.41) is 4.22. The molecular weight excluding hydrogens is 214 g/mol. The van der Waals surface area contributed by atoms with E-state index in [9.17, 15) is 0 Å². The molecule has 0 unspecified atom stereocenters. The summed E-state index contributed by atoms with van der Waals surface area (Å²) in [6, 6.07) is 1.92. The van der Waals surface area contributed by atoms with E-state index in [1.807, 2.05) is 19.2 Å². The third kappa shape index (κ3) is 2.43. The molecular formula is C12H17N5. The van der Waals surface area contributed by atoms with Crippen LogP contribution >= 0.6 is 0 Å². The summed E-state index contributed by atoms with van der Waals surface area (Å²) in [7, 11) is 0. The number of hydrogen-bond donors (Lipinski definition) is 1. The highest BCUT2D eigenvalue weighted by molar-refractivity contribution is 5.34. The van der Waals surface area contributed by atoms with Crippen molar-refractivity contribution in [1.29, 1.82) is 0 Å². The molecule has 2 heterocycles. The third-order valence-electron chi connectivity index (χ3n) is 2.44. The molecule has 0 fully saturated rings. The Labute approximate surface area is 101 Å². The maximum Gasteiger partial charge on any atom is 0.222 e. The summed E-state index contributed by atoms with van der Waals surface area (Å²) in [6.45, 7) is 8.26. The van der Waals surface area contributed by atoms with Gasteiger partial charge in [-0.05, 0) is 12.5 Å². The van der Waals surface area contributed by atoms with Crippen LogP contribution in [0.2, 0.25) is 0 Å². The van der Waals surface area contributed by atoms with Crippen LogP contribution in [0.5, 0.6) is 0 Å². The summed E-state index contributed by atoms with van der Waals surface area (Å²) < 4.78 is 1.71. The molecule has 0 saturated heterocycles. The van der Waals surface area contributed by atoms with Gasteiger partial charge in [-0.3, -0.25) is 0 Å². The molecule has 0 amide bonds. The summed E-state index contributed by atoms with van der Waals surface area (Å²) in [4.78, 5) is 8.46. The molecule has 0 aliphatic carbocycles. The highest BCUT2D eigenvalue weighted by atomic mass is 15.3. The van der Waals surface area contributed by atoms with Crippen molar-refractivity contribution in [3.05, 3.63) is 29.7 Å². The minimum atomic E-state index is -0.0615. The zero-order valence-corrected chi connectivity index (χ0v) is 10.6. The Bertz CT molecular complexity index is 536. The average molecular weight is 231 g/mol. The van der Waals surface area contributed by atoms with Gasteiger partial charge < -0.3 is 5.73 Å². The lowest BCUT2D eigenvalue weighted by atomic mass is 9.92. The summed E-state index contributed by atoms with van der Waals surface area (Å²) in [5.41, 5.74) is 7.67. The zero-order valence-electron chi connectivity index (χ0n) is 10.6. The Kier molecular flexibility index (Phi) is 2.61. The molecule has 5 heteroatoms. The van der Waals surface area contributed by atoms with Crippen molar-refractivity contribution in [2.75, 3.05) is 5.73 Å². The van der Waals surface area contributed by atoms with Crippen molar-refractivity contribution in [2.45, 2.75) is 33.1 Å². The van der Waals surface area contributed by atoms with Gasteiger partial charge in [-0.15, -0.1) is 0 Å². The number of aryl methyl sites for hydroxylation is 1. The van der Waals surface area contributed by atoms with Gasteiger partial charge in [0, 0.05) is 17.7 Å². The van der Waals surface area contributed by atoms with Gasteiger partial charge in [0.2, 0.25) is 5.95 Å². The second-order valence-corrected chi connectivity index (χ2v) is 5.18. The number of rotatable bonds is 1. The van der Waals surface area contributed by atoms with Crippen LogP contribution < -0.4 is 5.73 Å². The first-order chi connectivity index (χ1) is 7.86. The van der Waals surface area contributed by atoms with E-state index >= 15 is 0 Å². The average Bonchev–Trinajstić information content (AvgIpc) is 2.62. The smallest absolute Gasteiger partial charge is 0.222 e. The molecule has 0 bridgehead atoms. The molecule has 2 rings (SSSR count). The summed E-state index contributed by atoms with van der Waals surface area (Å²) in [5.74, 6) is 0.983. The molecule has 2 N–H and O–H groups in total. The van der Waals surface area contributed by atoms with E-state index in [2.05, 4.69) is 35.8 Å². The van der Waals surface area contributed by atoms with Crippen molar-refractivity contribution in [2.24, 2.45) is 0 Å². The van der Waals surface area contributed by atoms with E-state index in [1.54, 1.807) is 10.9 Å². The fourth-order valence-electron chi connectivity index (χ4n) is 1.49. The van der Waals surface area contributed by atoms with Crippen LogP contribution in [-0.4, -0.2) is 19.7 Å². The monoisotopic (exact) mass is 231 g/mol. The number of nitrogens with two attached hydrogens (primary N) is 1. The second kappa shape index (κ2) is 3.84. The Morgan fingerprint density at radius 3 is 2.47 bits per heavy atom. The lowest BCUT2D eigenvalue weighted by Gasteiger charge is -2.18. The van der Waals surface area contributed by atoms with Crippen molar-refractivity contribution < 1.29 is 0 Å². The summed E-state index contributed by atoms with van der Waals surface area (Å²) >= 11 is 0. The highest BCUT2D eigenvalue weighted by Crippen LogP contribution is 2.22. The number of nitrogens with zero attached hydrogens (tertiary/aromatic N) is 4. The highest BCUT2D eigenvalue weighted by Gasteiger charge is 2.18. The molecule has 90 valence electrons. The fraction of sp³-hybridized carbons (Fsp3) is 0.417. The van der Waals surface area contributed by atoms with E-state index in [-0.39, 0.29) is 11.4 Å². The molecule has 17 heavy (non-hydrogen) atoms. The molecule has 2 aromatic rings. The Balaban J connectivity index is 2.52. The van der Waals surface area contributed by atoms with Crippen LogP contribution in [0.15, 0.2) is 18.5 Å². The van der Waals surface area contributed by atoms with Crippen LogP contribution in [0.3, 0.4) is 0 Å². The maximum atomic E-state index is 5.74. The number of aromatic nitrogens is 4. The van der Waals surface area contributed by atoms with E-state index in [0.29, 0.717) is 5.82 Å². The quantitative estimate of drug-likeness (QED) is 0.813. The minimum Gasteiger partial charge on any atom is -0.368 e. The number of anilines is 1. The van der Waals surface area contributed by atoms with Crippen LogP contribution in [0.1, 0.15) is 32.0 Å². The lowest BCUT2D eigenvalue weighted by molar-refractivity contribution is 0.566. The van der Waals surface area contributed by atoms with Crippen molar-refractivity contribution >= 4 is 5.95 Å². The second-order valence-electron chi connectivity index (χ2n) is 5.18. The van der Waals surface area contributed by atoms with Crippen molar-refractivity contribution in [1.82, 2.24) is 19.7 Å². The van der Waals surface area contributed by atoms with Gasteiger partial charge in [0.1, 0.15) is 0 Å². The lowest BCUT2D eigenvalue weighted by Crippen LogP contribution is -2.16. The van der Waals surface area contributed by atoms with Crippen LogP contribution in [0.25, 0.3) is 5.82 Å². The van der Waals surface area contributed by atoms with E-state index in [4.69, 9.17) is 5.73 Å². The van der Waals surface area contributed by atoms with Gasteiger partial charge >= 0.3 is 0 Å². The standard InChI is InChI=1S/C12H17N5/c1-8-6-14-17(7-8)10-5-9(12(2,3)4)15-11(13)16-10/h5-7H,1-4H3,(H2,13,15,16). The Morgan fingerprint density at radius 1 is 1.24 bits per heavy atom. The van der Waals surface area contributed by atoms with Crippen molar-refractivity contribution in [3.63, 3.8) is 0 Å². The Hall–Kier alpha value is -1.91. The molecule has 2 aromatic heterocycles. The number of nitrogen functional groups attached to an aromatic ring is 1. The number of hydrogen-bond acceptors (Lipinski definition) is 4. The molecule has 0 aromatic carbocycles.